The molecule has 1 unspecified atom stereocenters. The van der Waals surface area contributed by atoms with Gasteiger partial charge in [0.15, 0.2) is 11.6 Å². The first-order valence-electron chi connectivity index (χ1n) is 11.4. The molecule has 1 saturated heterocycles. The average molecular weight is 530 g/mol. The topological polar surface area (TPSA) is 138 Å². The maximum absolute atomic E-state index is 13.6. The fourth-order valence-electron chi connectivity index (χ4n) is 4.23. The van der Waals surface area contributed by atoms with Crippen molar-refractivity contribution < 1.29 is 26.7 Å². The Morgan fingerprint density at radius 3 is 2.46 bits per heavy atom. The van der Waals surface area contributed by atoms with Crippen LogP contribution in [0, 0.1) is 5.82 Å². The highest BCUT2D eigenvalue weighted by molar-refractivity contribution is 7.93. The molecule has 4 aromatic rings. The lowest BCUT2D eigenvalue weighted by Crippen LogP contribution is -2.45. The number of rotatable bonds is 8. The first-order valence-corrected chi connectivity index (χ1v) is 12.9. The highest BCUT2D eigenvalue weighted by Crippen LogP contribution is 2.38. The van der Waals surface area contributed by atoms with Gasteiger partial charge in [0.2, 0.25) is 27.7 Å². The first kappa shape index (κ1) is 24.5. The zero-order chi connectivity index (χ0) is 26.0. The SMILES string of the molecule is COc1cccc(OC)c1-n1c(NS(=O)(=O)C2CCCN(c3ncc(F)cn3)C2)nnc1-c1ccco1. The number of piperidine rings is 1. The second-order valence-corrected chi connectivity index (χ2v) is 10.2. The van der Waals surface area contributed by atoms with Gasteiger partial charge in [-0.1, -0.05) is 6.07 Å². The lowest BCUT2D eigenvalue weighted by Gasteiger charge is -2.32. The molecule has 0 spiro atoms. The first-order chi connectivity index (χ1) is 17.9. The largest absolute Gasteiger partial charge is 0.494 e. The summed E-state index contributed by atoms with van der Waals surface area (Å²) >= 11 is 0. The molecule has 1 atom stereocenters. The number of halogens is 1. The van der Waals surface area contributed by atoms with Crippen molar-refractivity contribution in [2.45, 2.75) is 18.1 Å². The minimum absolute atomic E-state index is 0.0654. The summed E-state index contributed by atoms with van der Waals surface area (Å²) in [5, 5.41) is 7.53. The zero-order valence-electron chi connectivity index (χ0n) is 20.0. The van der Waals surface area contributed by atoms with Gasteiger partial charge in [-0.05, 0) is 37.1 Å². The van der Waals surface area contributed by atoms with E-state index in [1.54, 1.807) is 35.2 Å². The van der Waals surface area contributed by atoms with Crippen LogP contribution < -0.4 is 19.1 Å². The van der Waals surface area contributed by atoms with Crippen LogP contribution in [0.4, 0.5) is 16.3 Å². The van der Waals surface area contributed by atoms with Crippen molar-refractivity contribution >= 4 is 21.9 Å². The maximum atomic E-state index is 13.6. The number of aromatic nitrogens is 5. The molecular formula is C23H24FN7O5S. The van der Waals surface area contributed by atoms with E-state index in [2.05, 4.69) is 24.9 Å². The van der Waals surface area contributed by atoms with Gasteiger partial charge >= 0.3 is 0 Å². The number of benzene rings is 1. The molecule has 1 aliphatic heterocycles. The Kier molecular flexibility index (Phi) is 6.65. The minimum atomic E-state index is -3.97. The number of hydrogen-bond acceptors (Lipinski definition) is 10. The lowest BCUT2D eigenvalue weighted by molar-refractivity contribution is 0.391. The van der Waals surface area contributed by atoms with Gasteiger partial charge < -0.3 is 18.8 Å². The molecule has 1 aliphatic rings. The molecule has 12 nitrogen and oxygen atoms in total. The molecule has 194 valence electrons. The highest BCUT2D eigenvalue weighted by atomic mass is 32.2. The van der Waals surface area contributed by atoms with Crippen LogP contribution in [0.2, 0.25) is 0 Å². The Morgan fingerprint density at radius 2 is 1.81 bits per heavy atom. The summed E-state index contributed by atoms with van der Waals surface area (Å²) in [7, 11) is -0.981. The molecule has 14 heteroatoms. The molecule has 4 heterocycles. The van der Waals surface area contributed by atoms with Crippen LogP contribution in [0.15, 0.2) is 53.4 Å². The number of para-hydroxylation sites is 1. The third-order valence-electron chi connectivity index (χ3n) is 5.97. The van der Waals surface area contributed by atoms with E-state index >= 15 is 0 Å². The number of nitrogens with one attached hydrogen (secondary N) is 1. The van der Waals surface area contributed by atoms with Gasteiger partial charge in [-0.2, -0.15) is 0 Å². The normalized spacial score (nSPS) is 16.0. The van der Waals surface area contributed by atoms with Crippen molar-refractivity contribution in [1.82, 2.24) is 24.7 Å². The standard InChI is InChI=1S/C23H24FN7O5S/c1-34-17-7-3-8-18(35-2)20(17)31-21(19-9-5-11-36-19)27-28-23(31)29-37(32,33)16-6-4-10-30(14-16)22-25-12-15(24)13-26-22/h3,5,7-9,11-13,16H,4,6,10,14H2,1-2H3,(H,28,29). The number of ether oxygens (including phenoxy) is 2. The van der Waals surface area contributed by atoms with E-state index in [-0.39, 0.29) is 24.3 Å². The van der Waals surface area contributed by atoms with Crippen LogP contribution in [-0.2, 0) is 10.0 Å². The lowest BCUT2D eigenvalue weighted by atomic mass is 10.1. The third kappa shape index (κ3) is 4.79. The van der Waals surface area contributed by atoms with Gasteiger partial charge in [0, 0.05) is 13.1 Å². The van der Waals surface area contributed by atoms with E-state index in [0.29, 0.717) is 42.3 Å². The summed E-state index contributed by atoms with van der Waals surface area (Å²) in [6.45, 7) is 0.674. The fourth-order valence-corrected chi connectivity index (χ4v) is 5.64. The van der Waals surface area contributed by atoms with Crippen LogP contribution in [0.25, 0.3) is 17.3 Å². The smallest absolute Gasteiger partial charge is 0.243 e. The Labute approximate surface area is 212 Å². The summed E-state index contributed by atoms with van der Waals surface area (Å²) in [4.78, 5) is 9.69. The van der Waals surface area contributed by atoms with Crippen molar-refractivity contribution in [3.8, 4) is 28.8 Å². The van der Waals surface area contributed by atoms with Crippen LogP contribution in [0.3, 0.4) is 0 Å². The van der Waals surface area contributed by atoms with Gasteiger partial charge in [-0.25, -0.2) is 22.8 Å². The molecule has 3 aromatic heterocycles. The van der Waals surface area contributed by atoms with E-state index in [4.69, 9.17) is 13.9 Å². The van der Waals surface area contributed by atoms with Gasteiger partial charge in [0.05, 0.1) is 38.1 Å². The third-order valence-corrected chi connectivity index (χ3v) is 7.70. The van der Waals surface area contributed by atoms with Gasteiger partial charge in [-0.3, -0.25) is 9.29 Å². The van der Waals surface area contributed by atoms with Crippen molar-refractivity contribution in [2.24, 2.45) is 0 Å². The van der Waals surface area contributed by atoms with Crippen molar-refractivity contribution in [3.05, 3.63) is 54.8 Å². The van der Waals surface area contributed by atoms with E-state index in [1.807, 2.05) is 0 Å². The second kappa shape index (κ2) is 10.0. The minimum Gasteiger partial charge on any atom is -0.494 e. The summed E-state index contributed by atoms with van der Waals surface area (Å²) in [5.74, 6) is 1.06. The average Bonchev–Trinajstić information content (AvgIpc) is 3.58. The van der Waals surface area contributed by atoms with Crippen LogP contribution in [0.1, 0.15) is 12.8 Å². The predicted octanol–water partition coefficient (Wildman–Crippen LogP) is 2.88. The van der Waals surface area contributed by atoms with E-state index in [0.717, 1.165) is 12.4 Å². The molecule has 1 fully saturated rings. The summed E-state index contributed by atoms with van der Waals surface area (Å²) in [6, 6.07) is 8.54. The molecule has 5 rings (SSSR count). The summed E-state index contributed by atoms with van der Waals surface area (Å²) < 4.78 is 61.1. The summed E-state index contributed by atoms with van der Waals surface area (Å²) in [5.41, 5.74) is 0.395. The number of anilines is 2. The highest BCUT2D eigenvalue weighted by Gasteiger charge is 2.34. The molecular weight excluding hydrogens is 505 g/mol. The molecule has 1 aromatic carbocycles. The molecule has 37 heavy (non-hydrogen) atoms. The van der Waals surface area contributed by atoms with Crippen molar-refractivity contribution in [1.29, 1.82) is 0 Å². The van der Waals surface area contributed by atoms with Crippen LogP contribution >= 0.6 is 0 Å². The zero-order valence-corrected chi connectivity index (χ0v) is 20.9. The molecule has 0 amide bonds. The van der Waals surface area contributed by atoms with Crippen molar-refractivity contribution in [3.63, 3.8) is 0 Å². The molecule has 0 radical (unpaired) electrons. The van der Waals surface area contributed by atoms with Crippen LogP contribution in [-0.4, -0.2) is 65.7 Å². The number of hydrogen-bond donors (Lipinski definition) is 1. The van der Waals surface area contributed by atoms with Gasteiger partial charge in [-0.15, -0.1) is 10.2 Å². The Hall–Kier alpha value is -4.20. The van der Waals surface area contributed by atoms with E-state index in [9.17, 15) is 12.8 Å². The fraction of sp³-hybridized carbons (Fsp3) is 0.304. The number of furan rings is 1. The van der Waals surface area contributed by atoms with Gasteiger partial charge in [0.1, 0.15) is 17.2 Å². The molecule has 0 bridgehead atoms. The number of sulfonamides is 1. The Bertz CT molecular complexity index is 1450. The molecule has 0 saturated carbocycles. The number of nitrogens with zero attached hydrogens (tertiary/aromatic N) is 6. The quantitative estimate of drug-likeness (QED) is 0.363. The van der Waals surface area contributed by atoms with Gasteiger partial charge in [0.25, 0.3) is 0 Å². The summed E-state index contributed by atoms with van der Waals surface area (Å²) in [6.07, 6.45) is 4.57. The Balaban J connectivity index is 1.52. The van der Waals surface area contributed by atoms with E-state index < -0.39 is 21.1 Å². The maximum Gasteiger partial charge on any atom is 0.243 e. The van der Waals surface area contributed by atoms with E-state index in [1.165, 1.54) is 25.0 Å². The number of methoxy groups -OCH3 is 2. The van der Waals surface area contributed by atoms with Crippen LogP contribution in [0.5, 0.6) is 11.5 Å². The Morgan fingerprint density at radius 1 is 1.08 bits per heavy atom. The molecule has 1 N–H and O–H groups in total. The monoisotopic (exact) mass is 529 g/mol. The predicted molar refractivity (Wildman–Crippen MR) is 132 cm³/mol. The second-order valence-electron chi connectivity index (χ2n) is 8.23. The van der Waals surface area contributed by atoms with Crippen molar-refractivity contribution in [2.75, 3.05) is 36.9 Å². The molecule has 0 aliphatic carbocycles.